The lowest BCUT2D eigenvalue weighted by atomic mass is 10.2. The lowest BCUT2D eigenvalue weighted by Crippen LogP contribution is -2.14. The first-order valence-electron chi connectivity index (χ1n) is 8.19. The quantitative estimate of drug-likeness (QED) is 0.473. The number of halogens is 1. The summed E-state index contributed by atoms with van der Waals surface area (Å²) >= 11 is 7.26. The third-order valence-electron chi connectivity index (χ3n) is 3.52. The van der Waals surface area contributed by atoms with Gasteiger partial charge in [0.15, 0.2) is 11.0 Å². The molecule has 1 N–H and O–H groups in total. The van der Waals surface area contributed by atoms with Gasteiger partial charge in [-0.3, -0.25) is 14.3 Å². The van der Waals surface area contributed by atoms with E-state index in [1.54, 1.807) is 36.7 Å². The molecular weight excluding hydrogens is 382 g/mol. The van der Waals surface area contributed by atoms with E-state index in [0.717, 1.165) is 17.0 Å². The van der Waals surface area contributed by atoms with E-state index < -0.39 is 0 Å². The van der Waals surface area contributed by atoms with Crippen molar-refractivity contribution in [2.45, 2.75) is 18.6 Å². The topological polar surface area (TPSA) is 72.7 Å². The molecule has 0 fully saturated rings. The zero-order valence-electron chi connectivity index (χ0n) is 14.7. The van der Waals surface area contributed by atoms with E-state index in [1.165, 1.54) is 11.8 Å². The van der Waals surface area contributed by atoms with Crippen LogP contribution in [0.2, 0.25) is 5.02 Å². The van der Waals surface area contributed by atoms with Crippen molar-refractivity contribution >= 4 is 35.0 Å². The van der Waals surface area contributed by atoms with Crippen molar-refractivity contribution in [1.82, 2.24) is 19.7 Å². The molecule has 0 aliphatic heterocycles. The summed E-state index contributed by atoms with van der Waals surface area (Å²) in [4.78, 5) is 16.3. The van der Waals surface area contributed by atoms with Crippen LogP contribution in [0.4, 0.5) is 5.69 Å². The zero-order valence-corrected chi connectivity index (χ0v) is 16.3. The van der Waals surface area contributed by atoms with Crippen LogP contribution in [0, 0.1) is 0 Å². The van der Waals surface area contributed by atoms with Gasteiger partial charge >= 0.3 is 0 Å². The van der Waals surface area contributed by atoms with E-state index in [9.17, 15) is 4.79 Å². The van der Waals surface area contributed by atoms with Crippen molar-refractivity contribution in [3.8, 4) is 11.4 Å². The maximum Gasteiger partial charge on any atom is 0.234 e. The van der Waals surface area contributed by atoms with Gasteiger partial charge < -0.3 is 5.32 Å². The second kappa shape index (κ2) is 8.83. The summed E-state index contributed by atoms with van der Waals surface area (Å²) in [5.41, 5.74) is 2.54. The van der Waals surface area contributed by atoms with Crippen molar-refractivity contribution in [3.63, 3.8) is 0 Å². The number of amides is 1. The van der Waals surface area contributed by atoms with Gasteiger partial charge in [0.25, 0.3) is 0 Å². The van der Waals surface area contributed by atoms with Crippen molar-refractivity contribution in [2.24, 2.45) is 0 Å². The lowest BCUT2D eigenvalue weighted by molar-refractivity contribution is -0.113. The van der Waals surface area contributed by atoms with Gasteiger partial charge in [0.05, 0.1) is 5.75 Å². The predicted octanol–water partition coefficient (Wildman–Crippen LogP) is 4.30. The molecule has 0 unspecified atom stereocenters. The SMILES string of the molecule is C=C(C)Cn1c(SCC(=O)Nc2cccc(Cl)c2)nnc1-c1ccncc1. The van der Waals surface area contributed by atoms with E-state index in [-0.39, 0.29) is 11.7 Å². The second-order valence-electron chi connectivity index (χ2n) is 5.93. The molecule has 1 amide bonds. The third-order valence-corrected chi connectivity index (χ3v) is 4.73. The maximum atomic E-state index is 12.2. The summed E-state index contributed by atoms with van der Waals surface area (Å²) in [6.45, 7) is 6.49. The number of carbonyl (C=O) groups excluding carboxylic acids is 1. The summed E-state index contributed by atoms with van der Waals surface area (Å²) in [5.74, 6) is 0.785. The molecule has 0 aliphatic rings. The van der Waals surface area contributed by atoms with E-state index in [1.807, 2.05) is 23.6 Å². The summed E-state index contributed by atoms with van der Waals surface area (Å²) < 4.78 is 1.95. The molecule has 0 saturated heterocycles. The van der Waals surface area contributed by atoms with Gasteiger partial charge in [0, 0.05) is 35.2 Å². The molecule has 8 heteroatoms. The van der Waals surface area contributed by atoms with Gasteiger partial charge in [-0.25, -0.2) is 0 Å². The number of pyridine rings is 1. The minimum Gasteiger partial charge on any atom is -0.325 e. The van der Waals surface area contributed by atoms with E-state index >= 15 is 0 Å². The Morgan fingerprint density at radius 3 is 2.74 bits per heavy atom. The molecule has 1 aromatic carbocycles. The number of rotatable bonds is 7. The molecule has 3 rings (SSSR count). The van der Waals surface area contributed by atoms with E-state index in [0.29, 0.717) is 22.4 Å². The largest absolute Gasteiger partial charge is 0.325 e. The number of hydrogen-bond acceptors (Lipinski definition) is 5. The van der Waals surface area contributed by atoms with Crippen LogP contribution in [0.5, 0.6) is 0 Å². The van der Waals surface area contributed by atoms with Gasteiger partial charge in [0.1, 0.15) is 0 Å². The van der Waals surface area contributed by atoms with Gasteiger partial charge in [-0.05, 0) is 37.3 Å². The molecule has 2 aromatic heterocycles. The minimum atomic E-state index is -0.141. The maximum absolute atomic E-state index is 12.2. The number of benzene rings is 1. The molecule has 0 saturated carbocycles. The predicted molar refractivity (Wildman–Crippen MR) is 109 cm³/mol. The molecule has 0 radical (unpaired) electrons. The van der Waals surface area contributed by atoms with Gasteiger partial charge in [-0.2, -0.15) is 0 Å². The summed E-state index contributed by atoms with van der Waals surface area (Å²) in [7, 11) is 0. The number of nitrogens with zero attached hydrogens (tertiary/aromatic N) is 4. The van der Waals surface area contributed by atoms with Crippen LogP contribution in [0.3, 0.4) is 0 Å². The van der Waals surface area contributed by atoms with Gasteiger partial charge in [-0.15, -0.1) is 10.2 Å². The first-order valence-corrected chi connectivity index (χ1v) is 9.55. The number of aromatic nitrogens is 4. The standard InChI is InChI=1S/C19H18ClN5OS/c1-13(2)11-25-18(14-6-8-21-9-7-14)23-24-19(25)27-12-17(26)22-16-5-3-4-15(20)10-16/h3-10H,1,11-12H2,2H3,(H,22,26). The highest BCUT2D eigenvalue weighted by Crippen LogP contribution is 2.25. The van der Waals surface area contributed by atoms with E-state index in [4.69, 9.17) is 11.6 Å². The highest BCUT2D eigenvalue weighted by Gasteiger charge is 2.16. The number of hydrogen-bond donors (Lipinski definition) is 1. The molecule has 0 bridgehead atoms. The van der Waals surface area contributed by atoms with Gasteiger partial charge in [0.2, 0.25) is 5.91 Å². The number of carbonyl (C=O) groups is 1. The summed E-state index contributed by atoms with van der Waals surface area (Å²) in [6.07, 6.45) is 3.42. The molecule has 0 spiro atoms. The highest BCUT2D eigenvalue weighted by molar-refractivity contribution is 7.99. The Morgan fingerprint density at radius 2 is 2.04 bits per heavy atom. The molecule has 138 valence electrons. The Bertz CT molecular complexity index is 958. The zero-order chi connectivity index (χ0) is 19.2. The van der Waals surface area contributed by atoms with Crippen molar-refractivity contribution in [2.75, 3.05) is 11.1 Å². The molecular formula is C19H18ClN5OS. The third kappa shape index (κ3) is 5.18. The second-order valence-corrected chi connectivity index (χ2v) is 7.31. The fourth-order valence-corrected chi connectivity index (χ4v) is 3.34. The van der Waals surface area contributed by atoms with Crippen molar-refractivity contribution < 1.29 is 4.79 Å². The molecule has 0 aliphatic carbocycles. The van der Waals surface area contributed by atoms with Crippen molar-refractivity contribution in [1.29, 1.82) is 0 Å². The number of anilines is 1. The average molecular weight is 400 g/mol. The Balaban J connectivity index is 1.73. The van der Waals surface area contributed by atoms with Gasteiger partial charge in [-0.1, -0.05) is 41.6 Å². The van der Waals surface area contributed by atoms with Crippen LogP contribution in [0.15, 0.2) is 66.1 Å². The van der Waals surface area contributed by atoms with Crippen LogP contribution in [-0.2, 0) is 11.3 Å². The highest BCUT2D eigenvalue weighted by atomic mass is 35.5. The Kier molecular flexibility index (Phi) is 6.26. The van der Waals surface area contributed by atoms with E-state index in [2.05, 4.69) is 27.1 Å². The average Bonchev–Trinajstić information content (AvgIpc) is 3.02. The van der Waals surface area contributed by atoms with Crippen LogP contribution in [0.25, 0.3) is 11.4 Å². The fourth-order valence-electron chi connectivity index (χ4n) is 2.42. The van der Waals surface area contributed by atoms with Crippen LogP contribution in [-0.4, -0.2) is 31.4 Å². The molecule has 2 heterocycles. The first-order chi connectivity index (χ1) is 13.0. The molecule has 6 nitrogen and oxygen atoms in total. The molecule has 0 atom stereocenters. The van der Waals surface area contributed by atoms with Crippen LogP contribution < -0.4 is 5.32 Å². The normalized spacial score (nSPS) is 10.6. The minimum absolute atomic E-state index is 0.141. The smallest absolute Gasteiger partial charge is 0.234 e. The van der Waals surface area contributed by atoms with Crippen LogP contribution >= 0.6 is 23.4 Å². The number of thioether (sulfide) groups is 1. The summed E-state index contributed by atoms with van der Waals surface area (Å²) in [6, 6.07) is 10.8. The number of nitrogens with one attached hydrogen (secondary N) is 1. The number of allylic oxidation sites excluding steroid dienone is 1. The van der Waals surface area contributed by atoms with Crippen LogP contribution in [0.1, 0.15) is 6.92 Å². The lowest BCUT2D eigenvalue weighted by Gasteiger charge is -2.10. The monoisotopic (exact) mass is 399 g/mol. The molecule has 27 heavy (non-hydrogen) atoms. The molecule has 3 aromatic rings. The van der Waals surface area contributed by atoms with Crippen molar-refractivity contribution in [3.05, 3.63) is 66.0 Å². The Hall–Kier alpha value is -2.64. The first kappa shape index (κ1) is 19.1. The Labute approximate surface area is 166 Å². The Morgan fingerprint density at radius 1 is 1.26 bits per heavy atom. The summed E-state index contributed by atoms with van der Waals surface area (Å²) in [5, 5.41) is 12.6. The fraction of sp³-hybridized carbons (Fsp3) is 0.158.